The number of hydrogen-bond donors (Lipinski definition) is 3. The fourth-order valence-corrected chi connectivity index (χ4v) is 3.31. The summed E-state index contributed by atoms with van der Waals surface area (Å²) in [6.45, 7) is 1.93. The number of para-hydroxylation sites is 1. The Hall–Kier alpha value is -2.83. The molecule has 0 spiro atoms. The largest absolute Gasteiger partial charge is 0.324 e. The Morgan fingerprint density at radius 1 is 0.923 bits per heavy atom. The van der Waals surface area contributed by atoms with E-state index in [0.717, 1.165) is 5.56 Å². The van der Waals surface area contributed by atoms with E-state index in [2.05, 4.69) is 16.0 Å². The van der Waals surface area contributed by atoms with Gasteiger partial charge in [0.15, 0.2) is 0 Å². The van der Waals surface area contributed by atoms with E-state index < -0.39 is 0 Å². The summed E-state index contributed by atoms with van der Waals surface area (Å²) in [6.07, 6.45) is 0. The van der Waals surface area contributed by atoms with Gasteiger partial charge in [-0.1, -0.05) is 35.9 Å². The molecule has 132 valence electrons. The fourth-order valence-electron chi connectivity index (χ4n) is 2.23. The van der Waals surface area contributed by atoms with Crippen molar-refractivity contribution in [2.24, 2.45) is 0 Å². The predicted molar refractivity (Wildman–Crippen MR) is 108 cm³/mol. The quantitative estimate of drug-likeness (QED) is 0.546. The smallest absolute Gasteiger partial charge is 0.320 e. The molecule has 3 amide bonds. The van der Waals surface area contributed by atoms with E-state index in [4.69, 9.17) is 11.6 Å². The van der Waals surface area contributed by atoms with Crippen molar-refractivity contribution in [2.45, 2.75) is 6.92 Å². The van der Waals surface area contributed by atoms with E-state index in [1.165, 1.54) is 11.3 Å². The lowest BCUT2D eigenvalue weighted by molar-refractivity contribution is 0.103. The van der Waals surface area contributed by atoms with E-state index in [1.807, 2.05) is 31.2 Å². The second kappa shape index (κ2) is 8.03. The van der Waals surface area contributed by atoms with Gasteiger partial charge in [-0.05, 0) is 48.9 Å². The molecule has 3 N–H and O–H groups in total. The summed E-state index contributed by atoms with van der Waals surface area (Å²) in [5.74, 6) is -0.280. The van der Waals surface area contributed by atoms with Crippen molar-refractivity contribution >= 4 is 51.3 Å². The van der Waals surface area contributed by atoms with Crippen LogP contribution in [0.15, 0.2) is 60.7 Å². The number of carbonyl (C=O) groups is 2. The molecule has 0 aliphatic rings. The average Bonchev–Trinajstić information content (AvgIpc) is 3.06. The SMILES string of the molecule is Cc1ccc(NC(=O)c2ccc(NC(=O)Nc3ccccc3)s2)c(Cl)c1. The monoisotopic (exact) mass is 385 g/mol. The number of urea groups is 1. The standard InChI is InChI=1S/C19H16ClN3O2S/c1-12-7-8-15(14(20)11-12)22-18(24)16-9-10-17(26-16)23-19(25)21-13-5-3-2-4-6-13/h2-11H,1H3,(H,22,24)(H2,21,23,25). The summed E-state index contributed by atoms with van der Waals surface area (Å²) in [4.78, 5) is 24.8. The summed E-state index contributed by atoms with van der Waals surface area (Å²) >= 11 is 7.32. The lowest BCUT2D eigenvalue weighted by atomic mass is 10.2. The first-order valence-corrected chi connectivity index (χ1v) is 9.01. The molecule has 0 aliphatic carbocycles. The summed E-state index contributed by atoms with van der Waals surface area (Å²) in [5.41, 5.74) is 2.25. The summed E-state index contributed by atoms with van der Waals surface area (Å²) in [5, 5.41) is 9.25. The van der Waals surface area contributed by atoms with E-state index in [1.54, 1.807) is 36.4 Å². The zero-order valence-corrected chi connectivity index (χ0v) is 15.4. The van der Waals surface area contributed by atoms with Crippen LogP contribution < -0.4 is 16.0 Å². The highest BCUT2D eigenvalue weighted by atomic mass is 35.5. The van der Waals surface area contributed by atoms with Gasteiger partial charge in [0.25, 0.3) is 5.91 Å². The highest BCUT2D eigenvalue weighted by Gasteiger charge is 2.13. The number of benzene rings is 2. The molecule has 1 heterocycles. The molecule has 0 radical (unpaired) electrons. The van der Waals surface area contributed by atoms with E-state index in [9.17, 15) is 9.59 Å². The molecule has 2 aromatic carbocycles. The minimum atomic E-state index is -0.369. The third-order valence-corrected chi connectivity index (χ3v) is 4.78. The fraction of sp³-hybridized carbons (Fsp3) is 0.0526. The molecule has 0 atom stereocenters. The van der Waals surface area contributed by atoms with Gasteiger partial charge in [-0.3, -0.25) is 10.1 Å². The molecule has 1 aromatic heterocycles. The Morgan fingerprint density at radius 3 is 2.42 bits per heavy atom. The first-order valence-electron chi connectivity index (χ1n) is 7.81. The molecule has 3 aromatic rings. The molecular weight excluding hydrogens is 370 g/mol. The maximum atomic E-state index is 12.4. The minimum absolute atomic E-state index is 0.280. The van der Waals surface area contributed by atoms with Crippen LogP contribution in [0.2, 0.25) is 5.02 Å². The van der Waals surface area contributed by atoms with Crippen LogP contribution in [0.1, 0.15) is 15.2 Å². The molecule has 0 saturated carbocycles. The number of halogens is 1. The first-order chi connectivity index (χ1) is 12.5. The van der Waals surface area contributed by atoms with Crippen LogP contribution >= 0.6 is 22.9 Å². The number of hydrogen-bond acceptors (Lipinski definition) is 3. The van der Waals surface area contributed by atoms with Crippen molar-refractivity contribution in [3.05, 3.63) is 76.1 Å². The highest BCUT2D eigenvalue weighted by Crippen LogP contribution is 2.26. The Kier molecular flexibility index (Phi) is 5.55. The Balaban J connectivity index is 1.61. The molecule has 0 bridgehead atoms. The van der Waals surface area contributed by atoms with Crippen molar-refractivity contribution in [1.29, 1.82) is 0 Å². The summed E-state index contributed by atoms with van der Waals surface area (Å²) in [7, 11) is 0. The summed E-state index contributed by atoms with van der Waals surface area (Å²) in [6, 6.07) is 17.5. The van der Waals surface area contributed by atoms with E-state index in [0.29, 0.717) is 26.3 Å². The van der Waals surface area contributed by atoms with Gasteiger partial charge < -0.3 is 10.6 Å². The van der Waals surface area contributed by atoms with Gasteiger partial charge in [0.1, 0.15) is 0 Å². The van der Waals surface area contributed by atoms with E-state index >= 15 is 0 Å². The van der Waals surface area contributed by atoms with Crippen LogP contribution in [0.25, 0.3) is 0 Å². The Bertz CT molecular complexity index is 941. The van der Waals surface area contributed by atoms with Crippen molar-refractivity contribution in [3.8, 4) is 0 Å². The van der Waals surface area contributed by atoms with E-state index in [-0.39, 0.29) is 11.9 Å². The van der Waals surface area contributed by atoms with Crippen LogP contribution in [-0.2, 0) is 0 Å². The van der Waals surface area contributed by atoms with Crippen LogP contribution in [0.5, 0.6) is 0 Å². The molecule has 0 unspecified atom stereocenters. The van der Waals surface area contributed by atoms with Crippen molar-refractivity contribution in [1.82, 2.24) is 0 Å². The number of anilines is 3. The van der Waals surface area contributed by atoms with Crippen LogP contribution in [0.4, 0.5) is 21.2 Å². The third-order valence-electron chi connectivity index (χ3n) is 3.47. The molecule has 0 fully saturated rings. The molecule has 3 rings (SSSR count). The number of carbonyl (C=O) groups excluding carboxylic acids is 2. The highest BCUT2D eigenvalue weighted by molar-refractivity contribution is 7.18. The summed E-state index contributed by atoms with van der Waals surface area (Å²) < 4.78 is 0. The lowest BCUT2D eigenvalue weighted by Gasteiger charge is -2.07. The van der Waals surface area contributed by atoms with Gasteiger partial charge in [-0.25, -0.2) is 4.79 Å². The number of rotatable bonds is 4. The molecular formula is C19H16ClN3O2S. The maximum Gasteiger partial charge on any atom is 0.324 e. The van der Waals surface area contributed by atoms with Crippen molar-refractivity contribution in [2.75, 3.05) is 16.0 Å². The Labute approximate surface area is 160 Å². The zero-order valence-electron chi connectivity index (χ0n) is 13.9. The molecule has 7 heteroatoms. The number of thiophene rings is 1. The number of aryl methyl sites for hydroxylation is 1. The lowest BCUT2D eigenvalue weighted by Crippen LogP contribution is -2.18. The van der Waals surface area contributed by atoms with Gasteiger partial charge in [0, 0.05) is 5.69 Å². The second-order valence-electron chi connectivity index (χ2n) is 5.55. The molecule has 0 saturated heterocycles. The zero-order chi connectivity index (χ0) is 18.5. The normalized spacial score (nSPS) is 10.2. The van der Waals surface area contributed by atoms with Crippen LogP contribution in [0.3, 0.4) is 0 Å². The maximum absolute atomic E-state index is 12.4. The van der Waals surface area contributed by atoms with Gasteiger partial charge in [0.05, 0.1) is 20.6 Å². The minimum Gasteiger partial charge on any atom is -0.320 e. The Morgan fingerprint density at radius 2 is 1.69 bits per heavy atom. The molecule has 5 nitrogen and oxygen atoms in total. The molecule has 26 heavy (non-hydrogen) atoms. The van der Waals surface area contributed by atoms with Gasteiger partial charge in [-0.15, -0.1) is 11.3 Å². The topological polar surface area (TPSA) is 70.2 Å². The number of nitrogens with one attached hydrogen (secondary N) is 3. The van der Waals surface area contributed by atoms with Gasteiger partial charge in [0.2, 0.25) is 0 Å². The predicted octanol–water partition coefficient (Wildman–Crippen LogP) is 5.61. The average molecular weight is 386 g/mol. The second-order valence-corrected chi connectivity index (χ2v) is 7.04. The third kappa shape index (κ3) is 4.62. The van der Waals surface area contributed by atoms with Crippen LogP contribution in [0, 0.1) is 6.92 Å². The number of amides is 3. The van der Waals surface area contributed by atoms with Crippen molar-refractivity contribution < 1.29 is 9.59 Å². The molecule has 0 aliphatic heterocycles. The van der Waals surface area contributed by atoms with Crippen molar-refractivity contribution in [3.63, 3.8) is 0 Å². The van der Waals surface area contributed by atoms with Gasteiger partial charge in [-0.2, -0.15) is 0 Å². The first kappa shape index (κ1) is 18.0. The van der Waals surface area contributed by atoms with Crippen LogP contribution in [-0.4, -0.2) is 11.9 Å². The van der Waals surface area contributed by atoms with Gasteiger partial charge >= 0.3 is 6.03 Å².